The molecule has 0 aromatic carbocycles. The van der Waals surface area contributed by atoms with Gasteiger partial charge >= 0.3 is 0 Å². The monoisotopic (exact) mass is 278 g/mol. The molecule has 2 heterocycles. The van der Waals surface area contributed by atoms with E-state index in [-0.39, 0.29) is 0 Å². The van der Waals surface area contributed by atoms with Crippen molar-refractivity contribution in [2.24, 2.45) is 0 Å². The third kappa shape index (κ3) is 4.04. The molecule has 6 heteroatoms. The van der Waals surface area contributed by atoms with Gasteiger partial charge in [-0.1, -0.05) is 13.8 Å². The van der Waals surface area contributed by atoms with Gasteiger partial charge in [0, 0.05) is 42.3 Å². The average Bonchev–Trinajstić information content (AvgIpc) is 2.67. The van der Waals surface area contributed by atoms with Crippen LogP contribution in [0, 0.1) is 13.8 Å². The molecule has 5 nitrogen and oxygen atoms in total. The first-order chi connectivity index (χ1) is 9.04. The van der Waals surface area contributed by atoms with Gasteiger partial charge in [-0.15, -0.1) is 0 Å². The van der Waals surface area contributed by atoms with Gasteiger partial charge in [-0.2, -0.15) is 0 Å². The zero-order valence-electron chi connectivity index (χ0n) is 11.6. The minimum Gasteiger partial charge on any atom is -0.436 e. The van der Waals surface area contributed by atoms with E-state index in [1.165, 1.54) is 11.8 Å². The first-order valence-corrected chi connectivity index (χ1v) is 7.02. The quantitative estimate of drug-likeness (QED) is 0.848. The van der Waals surface area contributed by atoms with E-state index in [4.69, 9.17) is 4.42 Å². The molecule has 0 aliphatic carbocycles. The van der Waals surface area contributed by atoms with Gasteiger partial charge in [0.25, 0.3) is 5.22 Å². The normalized spacial score (nSPS) is 11.2. The van der Waals surface area contributed by atoms with E-state index in [2.05, 4.69) is 34.1 Å². The number of hydrogen-bond acceptors (Lipinski definition) is 6. The highest BCUT2D eigenvalue weighted by molar-refractivity contribution is 7.98. The van der Waals surface area contributed by atoms with Crippen molar-refractivity contribution in [2.45, 2.75) is 50.7 Å². The largest absolute Gasteiger partial charge is 0.436 e. The SMILES string of the molecule is Cc1nc(Sc2ncc(CNC(C)C)cn2)oc1C. The van der Waals surface area contributed by atoms with Crippen molar-refractivity contribution in [2.75, 3.05) is 0 Å². The Labute approximate surface area is 117 Å². The number of nitrogens with one attached hydrogen (secondary N) is 1. The molecule has 0 aliphatic rings. The second-order valence-corrected chi connectivity index (χ2v) is 5.55. The van der Waals surface area contributed by atoms with Gasteiger partial charge in [-0.3, -0.25) is 0 Å². The van der Waals surface area contributed by atoms with Gasteiger partial charge in [-0.05, 0) is 13.8 Å². The van der Waals surface area contributed by atoms with Crippen LogP contribution < -0.4 is 5.32 Å². The summed E-state index contributed by atoms with van der Waals surface area (Å²) in [4.78, 5) is 12.9. The van der Waals surface area contributed by atoms with Crippen LogP contribution in [0.4, 0.5) is 0 Å². The Bertz CT molecular complexity index is 517. The van der Waals surface area contributed by atoms with E-state index in [0.717, 1.165) is 23.6 Å². The average molecular weight is 278 g/mol. The summed E-state index contributed by atoms with van der Waals surface area (Å²) in [7, 11) is 0. The molecular formula is C13H18N4OS. The van der Waals surface area contributed by atoms with Crippen LogP contribution in [0.2, 0.25) is 0 Å². The van der Waals surface area contributed by atoms with Gasteiger partial charge in [0.2, 0.25) is 0 Å². The smallest absolute Gasteiger partial charge is 0.264 e. The molecule has 102 valence electrons. The van der Waals surface area contributed by atoms with Crippen LogP contribution >= 0.6 is 11.8 Å². The second-order valence-electron chi connectivity index (χ2n) is 4.63. The summed E-state index contributed by atoms with van der Waals surface area (Å²) < 4.78 is 5.49. The van der Waals surface area contributed by atoms with Crippen molar-refractivity contribution >= 4 is 11.8 Å². The highest BCUT2D eigenvalue weighted by Gasteiger charge is 2.09. The van der Waals surface area contributed by atoms with Crippen molar-refractivity contribution in [1.29, 1.82) is 0 Å². The predicted octanol–water partition coefficient (Wildman–Crippen LogP) is 2.73. The second kappa shape index (κ2) is 6.16. The Morgan fingerprint density at radius 2 is 1.95 bits per heavy atom. The van der Waals surface area contributed by atoms with Gasteiger partial charge in [0.1, 0.15) is 5.76 Å². The van der Waals surface area contributed by atoms with Crippen LogP contribution in [0.3, 0.4) is 0 Å². The number of oxazole rings is 1. The highest BCUT2D eigenvalue weighted by atomic mass is 32.2. The van der Waals surface area contributed by atoms with Gasteiger partial charge in [0.05, 0.1) is 5.69 Å². The summed E-state index contributed by atoms with van der Waals surface area (Å²) in [5.74, 6) is 0.834. The molecule has 0 bridgehead atoms. The van der Waals surface area contributed by atoms with Crippen LogP contribution in [-0.2, 0) is 6.54 Å². The Kier molecular flexibility index (Phi) is 4.55. The molecule has 1 N–H and O–H groups in total. The first kappa shape index (κ1) is 14.0. The number of hydrogen-bond donors (Lipinski definition) is 1. The van der Waals surface area contributed by atoms with Crippen LogP contribution in [0.5, 0.6) is 0 Å². The highest BCUT2D eigenvalue weighted by Crippen LogP contribution is 2.25. The molecule has 0 spiro atoms. The molecule has 0 aliphatic heterocycles. The van der Waals surface area contributed by atoms with E-state index >= 15 is 0 Å². The maximum Gasteiger partial charge on any atom is 0.264 e. The minimum absolute atomic E-state index is 0.451. The molecule has 0 atom stereocenters. The van der Waals surface area contributed by atoms with Crippen molar-refractivity contribution in [1.82, 2.24) is 20.3 Å². The lowest BCUT2D eigenvalue weighted by molar-refractivity contribution is 0.430. The van der Waals surface area contributed by atoms with Gasteiger partial charge in [-0.25, -0.2) is 15.0 Å². The molecule has 2 aromatic heterocycles. The fourth-order valence-electron chi connectivity index (χ4n) is 1.37. The zero-order chi connectivity index (χ0) is 13.8. The first-order valence-electron chi connectivity index (χ1n) is 6.21. The Morgan fingerprint density at radius 3 is 2.47 bits per heavy atom. The topological polar surface area (TPSA) is 63.8 Å². The molecule has 0 saturated heterocycles. The zero-order valence-corrected chi connectivity index (χ0v) is 12.4. The summed E-state index contributed by atoms with van der Waals surface area (Å²) in [6.45, 7) is 8.81. The molecular weight excluding hydrogens is 260 g/mol. The summed E-state index contributed by atoms with van der Waals surface area (Å²) in [5.41, 5.74) is 1.97. The molecule has 0 saturated carbocycles. The maximum atomic E-state index is 5.49. The van der Waals surface area contributed by atoms with Gasteiger partial charge in [0.15, 0.2) is 5.16 Å². The Balaban J connectivity index is 1.98. The van der Waals surface area contributed by atoms with Crippen LogP contribution in [0.1, 0.15) is 30.9 Å². The van der Waals surface area contributed by atoms with Crippen molar-refractivity contribution in [3.63, 3.8) is 0 Å². The number of aryl methyl sites for hydroxylation is 2. The molecule has 0 radical (unpaired) electrons. The summed E-state index contributed by atoms with van der Waals surface area (Å²) in [6, 6.07) is 0.451. The number of rotatable bonds is 5. The fourth-order valence-corrected chi connectivity index (χ4v) is 2.09. The van der Waals surface area contributed by atoms with E-state index in [1.807, 2.05) is 26.2 Å². The molecule has 0 fully saturated rings. The lowest BCUT2D eigenvalue weighted by atomic mass is 10.3. The summed E-state index contributed by atoms with van der Waals surface area (Å²) in [5, 5.41) is 4.56. The lowest BCUT2D eigenvalue weighted by Gasteiger charge is -2.07. The summed E-state index contributed by atoms with van der Waals surface area (Å²) in [6.07, 6.45) is 3.65. The van der Waals surface area contributed by atoms with Crippen molar-refractivity contribution in [3.05, 3.63) is 29.4 Å². The van der Waals surface area contributed by atoms with Gasteiger partial charge < -0.3 is 9.73 Å². The fraction of sp³-hybridized carbons (Fsp3) is 0.462. The number of aromatic nitrogens is 3. The Morgan fingerprint density at radius 1 is 1.26 bits per heavy atom. The Hall–Kier alpha value is -1.40. The number of nitrogens with zero attached hydrogens (tertiary/aromatic N) is 3. The third-order valence-electron chi connectivity index (χ3n) is 2.58. The molecule has 19 heavy (non-hydrogen) atoms. The third-order valence-corrected chi connectivity index (χ3v) is 3.33. The van der Waals surface area contributed by atoms with Crippen LogP contribution in [-0.4, -0.2) is 21.0 Å². The molecule has 2 aromatic rings. The van der Waals surface area contributed by atoms with E-state index in [0.29, 0.717) is 16.4 Å². The standard InChI is InChI=1S/C13H18N4OS/c1-8(2)14-5-11-6-15-12(16-7-11)19-13-17-9(3)10(4)18-13/h6-8,14H,5H2,1-4H3. The predicted molar refractivity (Wildman–Crippen MR) is 74.1 cm³/mol. The minimum atomic E-state index is 0.451. The van der Waals surface area contributed by atoms with Crippen molar-refractivity contribution < 1.29 is 4.42 Å². The van der Waals surface area contributed by atoms with Crippen LogP contribution in [0.15, 0.2) is 27.2 Å². The van der Waals surface area contributed by atoms with E-state index in [1.54, 1.807) is 0 Å². The van der Waals surface area contributed by atoms with Crippen LogP contribution in [0.25, 0.3) is 0 Å². The van der Waals surface area contributed by atoms with E-state index < -0.39 is 0 Å². The molecule has 2 rings (SSSR count). The maximum absolute atomic E-state index is 5.49. The van der Waals surface area contributed by atoms with Crippen molar-refractivity contribution in [3.8, 4) is 0 Å². The lowest BCUT2D eigenvalue weighted by Crippen LogP contribution is -2.21. The molecule has 0 unspecified atom stereocenters. The molecule has 0 amide bonds. The van der Waals surface area contributed by atoms with E-state index in [9.17, 15) is 0 Å². The summed E-state index contributed by atoms with van der Waals surface area (Å²) >= 11 is 1.34.